The van der Waals surface area contributed by atoms with E-state index in [1.54, 1.807) is 0 Å². The van der Waals surface area contributed by atoms with E-state index in [-0.39, 0.29) is 13.0 Å². The van der Waals surface area contributed by atoms with Crippen LogP contribution in [-0.2, 0) is 26.9 Å². The highest BCUT2D eigenvalue weighted by Crippen LogP contribution is 2.29. The highest BCUT2D eigenvalue weighted by molar-refractivity contribution is 9.10. The lowest BCUT2D eigenvalue weighted by Crippen LogP contribution is -2.34. The molecule has 0 aliphatic carbocycles. The summed E-state index contributed by atoms with van der Waals surface area (Å²) >= 11 is 3.03. The van der Waals surface area contributed by atoms with Crippen LogP contribution >= 0.6 is 15.9 Å². The van der Waals surface area contributed by atoms with Crippen molar-refractivity contribution in [2.24, 2.45) is 0 Å². The van der Waals surface area contributed by atoms with Gasteiger partial charge < -0.3 is 10.1 Å². The molecule has 0 aliphatic heterocycles. The molecule has 0 saturated carbocycles. The average molecular weight is 368 g/mol. The fourth-order valence-corrected chi connectivity index (χ4v) is 1.82. The third kappa shape index (κ3) is 5.74. The number of esters is 1. The normalized spacial score (nSPS) is 12.6. The number of nitrogens with one attached hydrogen (secondary N) is 1. The number of ether oxygens (including phenoxy) is 1. The molecule has 1 aromatic carbocycles. The van der Waals surface area contributed by atoms with Gasteiger partial charge in [-0.25, -0.2) is 0 Å². The van der Waals surface area contributed by atoms with Gasteiger partial charge in [-0.05, 0) is 17.7 Å². The van der Waals surface area contributed by atoms with Crippen LogP contribution in [0.1, 0.15) is 11.1 Å². The Hall–Kier alpha value is -1.57. The van der Waals surface area contributed by atoms with Gasteiger partial charge in [-0.15, -0.1) is 0 Å². The number of carbonyl (C=O) groups is 2. The number of halogens is 4. The van der Waals surface area contributed by atoms with Crippen LogP contribution in [0.2, 0.25) is 0 Å². The van der Waals surface area contributed by atoms with Gasteiger partial charge in [0.05, 0.1) is 19.1 Å². The molecule has 21 heavy (non-hydrogen) atoms. The quantitative estimate of drug-likeness (QED) is 0.641. The maximum Gasteiger partial charge on any atom is 0.416 e. The summed E-state index contributed by atoms with van der Waals surface area (Å²) in [6.07, 6.45) is -4.47. The molecule has 0 bridgehead atoms. The van der Waals surface area contributed by atoms with Crippen LogP contribution in [0.3, 0.4) is 0 Å². The van der Waals surface area contributed by atoms with E-state index < -0.39 is 28.4 Å². The van der Waals surface area contributed by atoms with E-state index in [1.165, 1.54) is 19.2 Å². The van der Waals surface area contributed by atoms with Gasteiger partial charge in [-0.1, -0.05) is 28.1 Å². The summed E-state index contributed by atoms with van der Waals surface area (Å²) < 4.78 is 41.6. The van der Waals surface area contributed by atoms with E-state index in [0.717, 1.165) is 12.1 Å². The molecule has 116 valence electrons. The van der Waals surface area contributed by atoms with Crippen LogP contribution in [-0.4, -0.2) is 30.4 Å². The minimum absolute atomic E-state index is 0.0339. The summed E-state index contributed by atoms with van der Waals surface area (Å²) in [6, 6.07) is 4.33. The monoisotopic (exact) mass is 367 g/mol. The van der Waals surface area contributed by atoms with Crippen LogP contribution in [0.15, 0.2) is 24.3 Å². The molecule has 1 N–H and O–H groups in total. The molecule has 8 heteroatoms. The van der Waals surface area contributed by atoms with Crippen molar-refractivity contribution in [3.8, 4) is 0 Å². The minimum Gasteiger partial charge on any atom is -0.468 e. The highest BCUT2D eigenvalue weighted by Gasteiger charge is 2.29. The number of rotatable bonds is 5. The second-order valence-electron chi connectivity index (χ2n) is 4.17. The third-order valence-electron chi connectivity index (χ3n) is 2.58. The molecule has 1 atom stereocenters. The van der Waals surface area contributed by atoms with E-state index in [0.29, 0.717) is 5.56 Å². The van der Waals surface area contributed by atoms with Gasteiger partial charge in [0.1, 0.15) is 4.83 Å². The topological polar surface area (TPSA) is 55.4 Å². The lowest BCUT2D eigenvalue weighted by molar-refractivity contribution is -0.140. The van der Waals surface area contributed by atoms with Crippen molar-refractivity contribution >= 4 is 27.8 Å². The largest absolute Gasteiger partial charge is 0.468 e. The van der Waals surface area contributed by atoms with Crippen molar-refractivity contribution in [3.05, 3.63) is 35.4 Å². The number of hydrogen-bond acceptors (Lipinski definition) is 3. The summed E-state index contributed by atoms with van der Waals surface area (Å²) in [7, 11) is 1.22. The number of alkyl halides is 4. The van der Waals surface area contributed by atoms with Crippen molar-refractivity contribution in [2.45, 2.75) is 17.4 Å². The molecule has 0 aliphatic rings. The van der Waals surface area contributed by atoms with Gasteiger partial charge in [0, 0.05) is 6.54 Å². The zero-order valence-electron chi connectivity index (χ0n) is 11.0. The standard InChI is InChI=1S/C13H13BrF3NO3/c1-21-12(20)10(14)7-18-11(19)6-8-2-4-9(5-3-8)13(15,16)17/h2-5,10H,6-7H2,1H3,(H,18,19). The molecule has 0 heterocycles. The Morgan fingerprint density at radius 3 is 2.33 bits per heavy atom. The number of carbonyl (C=O) groups excluding carboxylic acids is 2. The van der Waals surface area contributed by atoms with Crippen LogP contribution in [0.4, 0.5) is 13.2 Å². The van der Waals surface area contributed by atoms with E-state index in [1.807, 2.05) is 0 Å². The average Bonchev–Trinajstić information content (AvgIpc) is 2.43. The number of hydrogen-bond donors (Lipinski definition) is 1. The molecule has 0 fully saturated rings. The SMILES string of the molecule is COC(=O)C(Br)CNC(=O)Cc1ccc(C(F)(F)F)cc1. The fourth-order valence-electron chi connectivity index (χ4n) is 1.47. The third-order valence-corrected chi connectivity index (χ3v) is 3.28. The molecular formula is C13H13BrF3NO3. The fraction of sp³-hybridized carbons (Fsp3) is 0.385. The molecule has 0 saturated heterocycles. The minimum atomic E-state index is -4.40. The van der Waals surface area contributed by atoms with Crippen molar-refractivity contribution in [2.75, 3.05) is 13.7 Å². The first kappa shape index (κ1) is 17.5. The van der Waals surface area contributed by atoms with Crippen molar-refractivity contribution < 1.29 is 27.5 Å². The first-order valence-corrected chi connectivity index (χ1v) is 6.80. The first-order chi connectivity index (χ1) is 9.74. The van der Waals surface area contributed by atoms with Crippen LogP contribution in [0.5, 0.6) is 0 Å². The number of benzene rings is 1. The molecule has 0 spiro atoms. The molecule has 0 radical (unpaired) electrons. The zero-order valence-corrected chi connectivity index (χ0v) is 12.6. The Morgan fingerprint density at radius 2 is 1.86 bits per heavy atom. The van der Waals surface area contributed by atoms with E-state index in [4.69, 9.17) is 0 Å². The molecule has 1 unspecified atom stereocenters. The summed E-state index contributed by atoms with van der Waals surface area (Å²) in [6.45, 7) is 0.0339. The predicted octanol–water partition coefficient (Wildman–Crippen LogP) is 2.30. The number of methoxy groups -OCH3 is 1. The first-order valence-electron chi connectivity index (χ1n) is 5.88. The second kappa shape index (κ2) is 7.44. The molecule has 1 amide bonds. The lowest BCUT2D eigenvalue weighted by Gasteiger charge is -2.10. The molecule has 1 aromatic rings. The maximum absolute atomic E-state index is 12.4. The van der Waals surface area contributed by atoms with Gasteiger partial charge in [0.25, 0.3) is 0 Å². The van der Waals surface area contributed by atoms with Crippen molar-refractivity contribution in [1.82, 2.24) is 5.32 Å². The van der Waals surface area contributed by atoms with Gasteiger partial charge in [-0.2, -0.15) is 13.2 Å². The lowest BCUT2D eigenvalue weighted by atomic mass is 10.1. The zero-order chi connectivity index (χ0) is 16.0. The van der Waals surface area contributed by atoms with Crippen LogP contribution < -0.4 is 5.32 Å². The predicted molar refractivity (Wildman–Crippen MR) is 72.9 cm³/mol. The smallest absolute Gasteiger partial charge is 0.416 e. The molecule has 1 rings (SSSR count). The summed E-state index contributed by atoms with van der Waals surface area (Å²) in [5.41, 5.74) is -0.317. The Labute approximate surface area is 127 Å². The van der Waals surface area contributed by atoms with Gasteiger partial charge in [-0.3, -0.25) is 9.59 Å². The molecule has 4 nitrogen and oxygen atoms in total. The summed E-state index contributed by atoms with van der Waals surface area (Å²) in [4.78, 5) is 22.0. The van der Waals surface area contributed by atoms with E-state index in [2.05, 4.69) is 26.0 Å². The van der Waals surface area contributed by atoms with Crippen molar-refractivity contribution in [3.63, 3.8) is 0 Å². The highest BCUT2D eigenvalue weighted by atomic mass is 79.9. The van der Waals surface area contributed by atoms with Gasteiger partial charge >= 0.3 is 12.1 Å². The number of amides is 1. The Bertz CT molecular complexity index is 502. The summed E-state index contributed by atoms with van der Waals surface area (Å²) in [5.74, 6) is -0.923. The Balaban J connectivity index is 2.50. The molecule has 0 aromatic heterocycles. The second-order valence-corrected chi connectivity index (χ2v) is 5.27. The van der Waals surface area contributed by atoms with Gasteiger partial charge in [0.2, 0.25) is 5.91 Å². The Kier molecular flexibility index (Phi) is 6.19. The maximum atomic E-state index is 12.4. The van der Waals surface area contributed by atoms with Gasteiger partial charge in [0.15, 0.2) is 0 Å². The molecular weight excluding hydrogens is 355 g/mol. The van der Waals surface area contributed by atoms with E-state index in [9.17, 15) is 22.8 Å². The Morgan fingerprint density at radius 1 is 1.29 bits per heavy atom. The summed E-state index contributed by atoms with van der Waals surface area (Å²) in [5, 5.41) is 2.48. The van der Waals surface area contributed by atoms with Crippen LogP contribution in [0.25, 0.3) is 0 Å². The van der Waals surface area contributed by atoms with E-state index >= 15 is 0 Å². The van der Waals surface area contributed by atoms with Crippen LogP contribution in [0, 0.1) is 0 Å². The van der Waals surface area contributed by atoms with Crippen molar-refractivity contribution in [1.29, 1.82) is 0 Å².